The zero-order valence-corrected chi connectivity index (χ0v) is 37.5. The molecule has 0 aromatic heterocycles. The molecular weight excluding hydrogens is 753 g/mol. The summed E-state index contributed by atoms with van der Waals surface area (Å²) >= 11 is 0. The normalized spacial score (nSPS) is 30.0. The topological polar surface area (TPSA) is 87.6 Å². The Labute approximate surface area is 355 Å². The molecule has 4 aliphatic rings. The number of carbonyl (C=O) groups is 1. The van der Waals surface area contributed by atoms with Crippen molar-refractivity contribution in [3.63, 3.8) is 0 Å². The molecule has 338 valence electrons. The summed E-state index contributed by atoms with van der Waals surface area (Å²) in [6.45, 7) is 10.0. The average Bonchev–Trinajstić information content (AvgIpc) is 3.55. The summed E-state index contributed by atoms with van der Waals surface area (Å²) in [5, 5.41) is 0. The summed E-state index contributed by atoms with van der Waals surface area (Å²) in [4.78, 5) is 12.8. The predicted molar refractivity (Wildman–Crippen MR) is 233 cm³/mol. The van der Waals surface area contributed by atoms with E-state index in [-0.39, 0.29) is 34.1 Å². The Hall–Kier alpha value is -2.03. The molecule has 0 bridgehead atoms. The molecule has 9 atom stereocenters. The fraction of sp³-hybridized carbons (Fsp3) is 0.860. The van der Waals surface area contributed by atoms with Gasteiger partial charge in [0, 0.05) is 23.4 Å². The molecule has 4 fully saturated rings. The second-order valence-corrected chi connectivity index (χ2v) is 20.4. The highest BCUT2D eigenvalue weighted by atomic mass is 19.3. The highest BCUT2D eigenvalue weighted by molar-refractivity contribution is 5.69. The molecule has 1 aromatic carbocycles. The van der Waals surface area contributed by atoms with Crippen molar-refractivity contribution in [1.29, 1.82) is 0 Å². The molecule has 5 rings (SSSR count). The van der Waals surface area contributed by atoms with E-state index in [1.807, 2.05) is 0 Å². The Balaban J connectivity index is 0.972. The number of benzene rings is 1. The van der Waals surface area contributed by atoms with Crippen molar-refractivity contribution in [2.45, 2.75) is 219 Å². The van der Waals surface area contributed by atoms with Crippen LogP contribution in [0.4, 0.5) is 28.9 Å². The number of alkyl halides is 4. The molecule has 4 N–H and O–H groups in total. The van der Waals surface area contributed by atoms with Crippen molar-refractivity contribution in [3.05, 3.63) is 23.8 Å². The smallest absolute Gasteiger partial charge is 0.424 e. The van der Waals surface area contributed by atoms with Gasteiger partial charge in [-0.2, -0.15) is 17.6 Å². The number of hydrogen-bond acceptors (Lipinski definition) is 5. The van der Waals surface area contributed by atoms with Crippen LogP contribution in [0, 0.1) is 46.3 Å². The van der Waals surface area contributed by atoms with E-state index < -0.39 is 23.7 Å². The first-order valence-electron chi connectivity index (χ1n) is 24.4. The summed E-state index contributed by atoms with van der Waals surface area (Å²) in [5.41, 5.74) is 10.4. The van der Waals surface area contributed by atoms with Gasteiger partial charge in [-0.1, -0.05) is 124 Å². The second kappa shape index (κ2) is 21.9. The van der Waals surface area contributed by atoms with Gasteiger partial charge in [-0.3, -0.25) is 4.79 Å². The van der Waals surface area contributed by atoms with Crippen LogP contribution in [0.2, 0.25) is 0 Å². The first kappa shape index (κ1) is 48.0. The maximum atomic E-state index is 15.2. The van der Waals surface area contributed by atoms with Crippen molar-refractivity contribution in [3.8, 4) is 0 Å². The lowest BCUT2D eigenvalue weighted by Gasteiger charge is -2.61. The quantitative estimate of drug-likeness (QED) is 0.0443. The van der Waals surface area contributed by atoms with E-state index in [0.717, 1.165) is 57.1 Å². The molecule has 0 spiro atoms. The number of halogens is 4. The number of carbonyl (C=O) groups excluding carboxylic acids is 1. The van der Waals surface area contributed by atoms with E-state index in [9.17, 15) is 4.79 Å². The summed E-state index contributed by atoms with van der Waals surface area (Å²) in [6, 6.07) is 2.95. The Morgan fingerprint density at radius 1 is 0.729 bits per heavy atom. The Morgan fingerprint density at radius 3 is 1.86 bits per heavy atom. The van der Waals surface area contributed by atoms with Gasteiger partial charge in [0.2, 0.25) is 0 Å². The molecule has 9 heteroatoms. The number of nitrogens with two attached hydrogens (primary N) is 2. The Morgan fingerprint density at radius 2 is 1.27 bits per heavy atom. The molecule has 0 radical (unpaired) electrons. The van der Waals surface area contributed by atoms with Gasteiger partial charge in [0.05, 0.1) is 12.7 Å². The minimum Gasteiger partial charge on any atom is -0.466 e. The minimum atomic E-state index is -4.69. The van der Waals surface area contributed by atoms with Crippen LogP contribution < -0.4 is 11.5 Å². The largest absolute Gasteiger partial charge is 0.466 e. The fourth-order valence-electron chi connectivity index (χ4n) is 13.1. The van der Waals surface area contributed by atoms with Crippen LogP contribution in [-0.4, -0.2) is 24.8 Å². The summed E-state index contributed by atoms with van der Waals surface area (Å²) in [6.07, 6.45) is 25.0. The zero-order valence-electron chi connectivity index (χ0n) is 37.5. The maximum Gasteiger partial charge on any atom is 0.424 e. The predicted octanol–water partition coefficient (Wildman–Crippen LogP) is 14.8. The van der Waals surface area contributed by atoms with Crippen LogP contribution in [0.1, 0.15) is 207 Å². The van der Waals surface area contributed by atoms with E-state index in [1.54, 1.807) is 0 Å². The Bertz CT molecular complexity index is 1420. The van der Waals surface area contributed by atoms with Crippen LogP contribution in [0.5, 0.6) is 0 Å². The van der Waals surface area contributed by atoms with E-state index in [1.165, 1.54) is 109 Å². The highest BCUT2D eigenvalue weighted by Crippen LogP contribution is 2.68. The van der Waals surface area contributed by atoms with E-state index in [4.69, 9.17) is 20.9 Å². The third-order valence-electron chi connectivity index (χ3n) is 16.5. The van der Waals surface area contributed by atoms with Crippen molar-refractivity contribution < 1.29 is 31.8 Å². The van der Waals surface area contributed by atoms with Crippen LogP contribution >= 0.6 is 0 Å². The first-order chi connectivity index (χ1) is 28.1. The van der Waals surface area contributed by atoms with Crippen LogP contribution in [0.25, 0.3) is 0 Å². The lowest BCUT2D eigenvalue weighted by Crippen LogP contribution is -2.55. The second-order valence-electron chi connectivity index (χ2n) is 20.4. The van der Waals surface area contributed by atoms with Crippen molar-refractivity contribution in [2.75, 3.05) is 18.1 Å². The minimum absolute atomic E-state index is 0.00980. The number of rotatable bonds is 25. The molecule has 59 heavy (non-hydrogen) atoms. The molecule has 4 saturated carbocycles. The van der Waals surface area contributed by atoms with E-state index in [0.29, 0.717) is 61.9 Å². The number of hydrogen-bond donors (Lipinski definition) is 2. The average molecular weight is 835 g/mol. The third-order valence-corrected chi connectivity index (χ3v) is 16.5. The molecule has 5 nitrogen and oxygen atoms in total. The van der Waals surface area contributed by atoms with Crippen molar-refractivity contribution in [1.82, 2.24) is 0 Å². The zero-order chi connectivity index (χ0) is 42.7. The summed E-state index contributed by atoms with van der Waals surface area (Å²) in [7, 11) is 0. The van der Waals surface area contributed by atoms with Gasteiger partial charge >= 0.3 is 18.0 Å². The molecule has 0 saturated heterocycles. The van der Waals surface area contributed by atoms with Crippen LogP contribution in [0.15, 0.2) is 18.2 Å². The molecular formula is C50H82F4N2O3. The number of ether oxygens (including phenoxy) is 2. The molecule has 0 heterocycles. The van der Waals surface area contributed by atoms with Crippen LogP contribution in [0.3, 0.4) is 0 Å². The van der Waals surface area contributed by atoms with Gasteiger partial charge in [0.1, 0.15) is 0 Å². The fourth-order valence-corrected chi connectivity index (χ4v) is 13.1. The van der Waals surface area contributed by atoms with Crippen molar-refractivity contribution in [2.24, 2.45) is 46.3 Å². The monoisotopic (exact) mass is 835 g/mol. The SMILES string of the molecule is CCCCCCCCCCCCCCCCCCOC(=O)CC[C@@H](C)[C@H]1CC[C@H]2[C@@H]3CCC4CC(OC(F)(F)C(F)(F)c5cc(N)cc(N)c5)CC[C@]4(C)[C@H]3CC[C@]12C. The lowest BCUT2D eigenvalue weighted by molar-refractivity contribution is -0.373. The van der Waals surface area contributed by atoms with E-state index in [2.05, 4.69) is 27.7 Å². The summed E-state index contributed by atoms with van der Waals surface area (Å²) < 4.78 is 71.5. The Kier molecular flexibility index (Phi) is 17.8. The van der Waals surface area contributed by atoms with Gasteiger partial charge in [-0.25, -0.2) is 0 Å². The summed E-state index contributed by atoms with van der Waals surface area (Å²) in [5.74, 6) is -1.70. The highest BCUT2D eigenvalue weighted by Gasteiger charge is 2.63. The maximum absolute atomic E-state index is 15.2. The van der Waals surface area contributed by atoms with Gasteiger partial charge in [-0.15, -0.1) is 0 Å². The van der Waals surface area contributed by atoms with Gasteiger partial charge < -0.3 is 20.9 Å². The van der Waals surface area contributed by atoms with Gasteiger partial charge in [0.15, 0.2) is 0 Å². The molecule has 0 aliphatic heterocycles. The lowest BCUT2D eigenvalue weighted by atomic mass is 9.44. The number of nitrogen functional groups attached to an aromatic ring is 2. The number of unbranched alkanes of at least 4 members (excludes halogenated alkanes) is 15. The molecule has 4 aliphatic carbocycles. The standard InChI is InChI=1S/C50H82F4N2O3/c1-5-6-7-8-9-10-11-12-13-14-15-16-17-18-19-20-31-58-46(57)26-21-36(2)43-24-25-44-42-23-22-37-34-41(27-29-47(37,3)45(42)28-30-48(43,44)4)59-50(53,54)49(51,52)38-32-39(55)35-40(56)33-38/h32-33,35-37,41-45H,5-31,34,55-56H2,1-4H3/t36-,37?,41?,42+,43-,44+,45+,47+,48-/m1/s1. The molecule has 0 amide bonds. The third kappa shape index (κ3) is 12.1. The van der Waals surface area contributed by atoms with Gasteiger partial charge in [-0.05, 0) is 135 Å². The number of anilines is 2. The van der Waals surface area contributed by atoms with Gasteiger partial charge in [0.25, 0.3) is 0 Å². The molecule has 2 unspecified atom stereocenters. The van der Waals surface area contributed by atoms with Crippen LogP contribution in [-0.2, 0) is 20.2 Å². The van der Waals surface area contributed by atoms with Crippen molar-refractivity contribution >= 4 is 17.3 Å². The number of fused-ring (bicyclic) bond motifs is 5. The number of esters is 1. The van der Waals surface area contributed by atoms with E-state index >= 15 is 17.6 Å². The molecule has 1 aromatic rings. The first-order valence-corrected chi connectivity index (χ1v) is 24.4.